The Labute approximate surface area is 109 Å². The molecule has 0 aliphatic carbocycles. The second-order valence-corrected chi connectivity index (χ2v) is 4.82. The van der Waals surface area contributed by atoms with E-state index in [9.17, 15) is 4.79 Å². The first-order valence-corrected chi connectivity index (χ1v) is 6.63. The van der Waals surface area contributed by atoms with E-state index in [1.165, 1.54) is 11.1 Å². The number of rotatable bonds is 4. The first-order chi connectivity index (χ1) is 8.74. The summed E-state index contributed by atoms with van der Waals surface area (Å²) in [5, 5.41) is 3.29. The van der Waals surface area contributed by atoms with Gasteiger partial charge < -0.3 is 10.1 Å². The molecule has 1 fully saturated rings. The predicted octanol–water partition coefficient (Wildman–Crippen LogP) is 1.98. The van der Waals surface area contributed by atoms with Crippen molar-refractivity contribution in [2.24, 2.45) is 5.92 Å². The predicted molar refractivity (Wildman–Crippen MR) is 72.1 cm³/mol. The van der Waals surface area contributed by atoms with Crippen LogP contribution in [0.15, 0.2) is 18.2 Å². The third kappa shape index (κ3) is 2.91. The van der Waals surface area contributed by atoms with Crippen molar-refractivity contribution in [3.63, 3.8) is 0 Å². The number of Topliss-reactive ketones (excluding diaryl/α,β-unsaturated/α-hetero) is 1. The van der Waals surface area contributed by atoms with Crippen LogP contribution in [0, 0.1) is 5.92 Å². The molecule has 1 aromatic rings. The SMILES string of the molecule is CCc1cc(CC2CNCCC2=O)ccc1OC. The van der Waals surface area contributed by atoms with Gasteiger partial charge in [-0.2, -0.15) is 0 Å². The summed E-state index contributed by atoms with van der Waals surface area (Å²) >= 11 is 0. The van der Waals surface area contributed by atoms with Gasteiger partial charge in [0.25, 0.3) is 0 Å². The molecule has 0 bridgehead atoms. The van der Waals surface area contributed by atoms with E-state index < -0.39 is 0 Å². The minimum Gasteiger partial charge on any atom is -0.496 e. The van der Waals surface area contributed by atoms with Gasteiger partial charge in [0.05, 0.1) is 7.11 Å². The van der Waals surface area contributed by atoms with Gasteiger partial charge in [-0.1, -0.05) is 19.1 Å². The maximum absolute atomic E-state index is 11.8. The number of hydrogen-bond acceptors (Lipinski definition) is 3. The first-order valence-electron chi connectivity index (χ1n) is 6.63. The number of benzene rings is 1. The summed E-state index contributed by atoms with van der Waals surface area (Å²) in [6, 6.07) is 6.25. The molecular formula is C15H21NO2. The highest BCUT2D eigenvalue weighted by molar-refractivity contribution is 5.82. The Hall–Kier alpha value is -1.35. The lowest BCUT2D eigenvalue weighted by atomic mass is 9.90. The van der Waals surface area contributed by atoms with Crippen LogP contribution in [0.5, 0.6) is 5.75 Å². The third-order valence-corrected chi connectivity index (χ3v) is 3.60. The summed E-state index contributed by atoms with van der Waals surface area (Å²) in [6.07, 6.45) is 2.46. The lowest BCUT2D eigenvalue weighted by Crippen LogP contribution is -2.37. The van der Waals surface area contributed by atoms with Crippen LogP contribution < -0.4 is 10.1 Å². The fourth-order valence-electron chi connectivity index (χ4n) is 2.51. The molecule has 3 heteroatoms. The lowest BCUT2D eigenvalue weighted by Gasteiger charge is -2.22. The van der Waals surface area contributed by atoms with E-state index in [0.29, 0.717) is 12.2 Å². The smallest absolute Gasteiger partial charge is 0.138 e. The summed E-state index contributed by atoms with van der Waals surface area (Å²) in [6.45, 7) is 3.76. The molecule has 1 unspecified atom stereocenters. The van der Waals surface area contributed by atoms with E-state index in [1.807, 2.05) is 6.07 Å². The van der Waals surface area contributed by atoms with E-state index in [0.717, 1.165) is 31.7 Å². The lowest BCUT2D eigenvalue weighted by molar-refractivity contribution is -0.123. The second kappa shape index (κ2) is 6.01. The van der Waals surface area contributed by atoms with Gasteiger partial charge >= 0.3 is 0 Å². The summed E-state index contributed by atoms with van der Waals surface area (Å²) in [5.41, 5.74) is 2.45. The van der Waals surface area contributed by atoms with Crippen molar-refractivity contribution in [2.45, 2.75) is 26.2 Å². The van der Waals surface area contributed by atoms with Gasteiger partial charge in [-0.3, -0.25) is 4.79 Å². The third-order valence-electron chi connectivity index (χ3n) is 3.60. The Morgan fingerprint density at radius 2 is 2.28 bits per heavy atom. The number of carbonyl (C=O) groups is 1. The molecule has 0 spiro atoms. The van der Waals surface area contributed by atoms with E-state index >= 15 is 0 Å². The van der Waals surface area contributed by atoms with Crippen LogP contribution in [0.25, 0.3) is 0 Å². The zero-order chi connectivity index (χ0) is 13.0. The maximum atomic E-state index is 11.8. The van der Waals surface area contributed by atoms with E-state index in [1.54, 1.807) is 7.11 Å². The van der Waals surface area contributed by atoms with Crippen LogP contribution >= 0.6 is 0 Å². The van der Waals surface area contributed by atoms with Crippen molar-refractivity contribution in [3.8, 4) is 5.75 Å². The Morgan fingerprint density at radius 1 is 1.44 bits per heavy atom. The van der Waals surface area contributed by atoms with Crippen LogP contribution in [0.1, 0.15) is 24.5 Å². The number of methoxy groups -OCH3 is 1. The van der Waals surface area contributed by atoms with Gasteiger partial charge in [0.1, 0.15) is 11.5 Å². The molecule has 1 aliphatic heterocycles. The average Bonchev–Trinajstić information content (AvgIpc) is 2.41. The van der Waals surface area contributed by atoms with Gasteiger partial charge in [0, 0.05) is 25.4 Å². The molecule has 1 aliphatic rings. The molecule has 18 heavy (non-hydrogen) atoms. The number of aryl methyl sites for hydroxylation is 1. The van der Waals surface area contributed by atoms with Crippen LogP contribution in [0.4, 0.5) is 0 Å². The molecule has 1 aromatic carbocycles. The van der Waals surface area contributed by atoms with Crippen molar-refractivity contribution in [2.75, 3.05) is 20.2 Å². The van der Waals surface area contributed by atoms with Crippen molar-refractivity contribution in [3.05, 3.63) is 29.3 Å². The number of piperidine rings is 1. The van der Waals surface area contributed by atoms with E-state index in [2.05, 4.69) is 24.4 Å². The highest BCUT2D eigenvalue weighted by Crippen LogP contribution is 2.22. The number of hydrogen-bond donors (Lipinski definition) is 1. The van der Waals surface area contributed by atoms with Crippen LogP contribution in [0.2, 0.25) is 0 Å². The fraction of sp³-hybridized carbons (Fsp3) is 0.533. The number of carbonyl (C=O) groups excluding carboxylic acids is 1. The number of ketones is 1. The van der Waals surface area contributed by atoms with E-state index in [-0.39, 0.29) is 5.92 Å². The van der Waals surface area contributed by atoms with Gasteiger partial charge in [0.15, 0.2) is 0 Å². The summed E-state index contributed by atoms with van der Waals surface area (Å²) in [4.78, 5) is 11.8. The molecule has 1 heterocycles. The van der Waals surface area contributed by atoms with Gasteiger partial charge in [-0.25, -0.2) is 0 Å². The Bertz CT molecular complexity index is 429. The minimum absolute atomic E-state index is 0.136. The highest BCUT2D eigenvalue weighted by Gasteiger charge is 2.22. The average molecular weight is 247 g/mol. The fourth-order valence-corrected chi connectivity index (χ4v) is 2.51. The number of ether oxygens (including phenoxy) is 1. The molecule has 0 radical (unpaired) electrons. The summed E-state index contributed by atoms with van der Waals surface area (Å²) < 4.78 is 5.32. The van der Waals surface area contributed by atoms with Crippen molar-refractivity contribution < 1.29 is 9.53 Å². The van der Waals surface area contributed by atoms with Crippen LogP contribution in [-0.2, 0) is 17.6 Å². The Balaban J connectivity index is 2.11. The zero-order valence-corrected chi connectivity index (χ0v) is 11.2. The molecule has 1 N–H and O–H groups in total. The summed E-state index contributed by atoms with van der Waals surface area (Å²) in [7, 11) is 1.70. The minimum atomic E-state index is 0.136. The van der Waals surface area contributed by atoms with Crippen molar-refractivity contribution >= 4 is 5.78 Å². The zero-order valence-electron chi connectivity index (χ0n) is 11.2. The first kappa shape index (κ1) is 13.1. The van der Waals surface area contributed by atoms with Crippen LogP contribution in [0.3, 0.4) is 0 Å². The molecule has 3 nitrogen and oxygen atoms in total. The van der Waals surface area contributed by atoms with Crippen molar-refractivity contribution in [1.82, 2.24) is 5.32 Å². The molecule has 98 valence electrons. The highest BCUT2D eigenvalue weighted by atomic mass is 16.5. The molecular weight excluding hydrogens is 226 g/mol. The van der Waals surface area contributed by atoms with Crippen molar-refractivity contribution in [1.29, 1.82) is 0 Å². The maximum Gasteiger partial charge on any atom is 0.138 e. The molecule has 0 aromatic heterocycles. The Kier molecular flexibility index (Phi) is 4.37. The summed E-state index contributed by atoms with van der Waals surface area (Å²) in [5.74, 6) is 1.47. The molecule has 1 saturated heterocycles. The normalized spacial score (nSPS) is 19.9. The Morgan fingerprint density at radius 3 is 2.94 bits per heavy atom. The van der Waals surface area contributed by atoms with Gasteiger partial charge in [-0.05, 0) is 30.0 Å². The molecule has 0 amide bonds. The van der Waals surface area contributed by atoms with Gasteiger partial charge in [0.2, 0.25) is 0 Å². The van der Waals surface area contributed by atoms with E-state index in [4.69, 9.17) is 4.74 Å². The van der Waals surface area contributed by atoms with Gasteiger partial charge in [-0.15, -0.1) is 0 Å². The second-order valence-electron chi connectivity index (χ2n) is 4.82. The molecule has 1 atom stereocenters. The standard InChI is InChI=1S/C15H21NO2/c1-3-12-8-11(4-5-15(12)18-2)9-13-10-16-7-6-14(13)17/h4-5,8,13,16H,3,6-7,9-10H2,1-2H3. The largest absolute Gasteiger partial charge is 0.496 e. The monoisotopic (exact) mass is 247 g/mol. The molecule has 2 rings (SSSR count). The van der Waals surface area contributed by atoms with Crippen LogP contribution in [-0.4, -0.2) is 26.0 Å². The number of nitrogens with one attached hydrogen (secondary N) is 1. The quantitative estimate of drug-likeness (QED) is 0.884. The topological polar surface area (TPSA) is 38.3 Å². The molecule has 0 saturated carbocycles.